The van der Waals surface area contributed by atoms with Crippen LogP contribution in [0.25, 0.3) is 0 Å². The maximum absolute atomic E-state index is 11.5. The van der Waals surface area contributed by atoms with Gasteiger partial charge in [-0.2, -0.15) is 0 Å². The fraction of sp³-hybridized carbons (Fsp3) is 0.364. The van der Waals surface area contributed by atoms with Crippen LogP contribution in [0.15, 0.2) is 22.7 Å². The van der Waals surface area contributed by atoms with Crippen molar-refractivity contribution in [2.24, 2.45) is 5.73 Å². The van der Waals surface area contributed by atoms with Gasteiger partial charge in [0.15, 0.2) is 0 Å². The highest BCUT2D eigenvalue weighted by Gasteiger charge is 2.07. The Bertz CT molecular complexity index is 369. The van der Waals surface area contributed by atoms with Gasteiger partial charge < -0.3 is 11.1 Å². The molecule has 0 spiro atoms. The molecule has 3 nitrogen and oxygen atoms in total. The summed E-state index contributed by atoms with van der Waals surface area (Å²) in [6, 6.07) is 5.66. The van der Waals surface area contributed by atoms with Crippen molar-refractivity contribution in [1.29, 1.82) is 0 Å². The lowest BCUT2D eigenvalue weighted by Crippen LogP contribution is -2.24. The van der Waals surface area contributed by atoms with E-state index in [0.717, 1.165) is 15.7 Å². The summed E-state index contributed by atoms with van der Waals surface area (Å²) in [5.41, 5.74) is 7.41. The summed E-state index contributed by atoms with van der Waals surface area (Å²) in [7, 11) is 0. The fourth-order valence-corrected chi connectivity index (χ4v) is 1.58. The number of hydrogen-bond acceptors (Lipinski definition) is 2. The predicted molar refractivity (Wildman–Crippen MR) is 73.0 cm³/mol. The normalized spacial score (nSPS) is 11.5. The van der Waals surface area contributed by atoms with E-state index in [4.69, 9.17) is 5.73 Å². The van der Waals surface area contributed by atoms with Crippen LogP contribution in [-0.4, -0.2) is 11.9 Å². The van der Waals surface area contributed by atoms with E-state index in [0.29, 0.717) is 6.42 Å². The van der Waals surface area contributed by atoms with Gasteiger partial charge in [0.05, 0.1) is 0 Å². The standard InChI is InChI=1S/C11H15BrN2O.ClH/c1-7-3-4-9(12)6-10(7)14-11(15)5-8(2)13;/h3-4,6,8H,5,13H2,1-2H3,(H,14,15);1H. The number of amides is 1. The Balaban J connectivity index is 0.00000225. The first-order valence-electron chi connectivity index (χ1n) is 4.80. The van der Waals surface area contributed by atoms with Crippen molar-refractivity contribution >= 4 is 39.9 Å². The number of hydrogen-bond donors (Lipinski definition) is 2. The lowest BCUT2D eigenvalue weighted by atomic mass is 10.2. The highest BCUT2D eigenvalue weighted by atomic mass is 79.9. The monoisotopic (exact) mass is 306 g/mol. The van der Waals surface area contributed by atoms with Crippen molar-refractivity contribution in [3.63, 3.8) is 0 Å². The molecule has 1 rings (SSSR count). The SMILES string of the molecule is Cc1ccc(Br)cc1NC(=O)CC(C)N.Cl. The average molecular weight is 308 g/mol. The third-order valence-corrected chi connectivity index (χ3v) is 2.47. The van der Waals surface area contributed by atoms with Gasteiger partial charge in [-0.15, -0.1) is 12.4 Å². The Morgan fingerprint density at radius 1 is 1.56 bits per heavy atom. The molecule has 1 amide bonds. The number of nitrogens with two attached hydrogens (primary N) is 1. The van der Waals surface area contributed by atoms with Crippen molar-refractivity contribution in [1.82, 2.24) is 0 Å². The van der Waals surface area contributed by atoms with Gasteiger partial charge >= 0.3 is 0 Å². The summed E-state index contributed by atoms with van der Waals surface area (Å²) >= 11 is 3.36. The second-order valence-electron chi connectivity index (χ2n) is 3.69. The van der Waals surface area contributed by atoms with Crippen LogP contribution in [0.2, 0.25) is 0 Å². The molecule has 90 valence electrons. The van der Waals surface area contributed by atoms with Crippen LogP contribution in [0, 0.1) is 6.92 Å². The molecule has 3 N–H and O–H groups in total. The number of carbonyl (C=O) groups is 1. The smallest absolute Gasteiger partial charge is 0.225 e. The third-order valence-electron chi connectivity index (χ3n) is 1.98. The molecule has 0 aliphatic heterocycles. The van der Waals surface area contributed by atoms with Gasteiger partial charge in [0.25, 0.3) is 0 Å². The number of rotatable bonds is 3. The maximum atomic E-state index is 11.5. The van der Waals surface area contributed by atoms with E-state index >= 15 is 0 Å². The molecule has 0 fully saturated rings. The first-order chi connectivity index (χ1) is 6.99. The highest BCUT2D eigenvalue weighted by molar-refractivity contribution is 9.10. The van der Waals surface area contributed by atoms with Crippen molar-refractivity contribution < 1.29 is 4.79 Å². The van der Waals surface area contributed by atoms with Gasteiger partial charge in [-0.25, -0.2) is 0 Å². The van der Waals surface area contributed by atoms with Gasteiger partial charge in [0.1, 0.15) is 0 Å². The average Bonchev–Trinajstić information content (AvgIpc) is 2.10. The number of nitrogens with one attached hydrogen (secondary N) is 1. The molecule has 0 saturated heterocycles. The minimum absolute atomic E-state index is 0. The molecule has 0 heterocycles. The summed E-state index contributed by atoms with van der Waals surface area (Å²) in [6.07, 6.45) is 0.339. The summed E-state index contributed by atoms with van der Waals surface area (Å²) in [5, 5.41) is 2.83. The molecule has 0 saturated carbocycles. The van der Waals surface area contributed by atoms with E-state index in [2.05, 4.69) is 21.2 Å². The molecule has 0 radical (unpaired) electrons. The minimum Gasteiger partial charge on any atom is -0.327 e. The molecule has 1 unspecified atom stereocenters. The second-order valence-corrected chi connectivity index (χ2v) is 4.60. The number of carbonyl (C=O) groups excluding carboxylic acids is 1. The van der Waals surface area contributed by atoms with E-state index in [1.165, 1.54) is 0 Å². The van der Waals surface area contributed by atoms with Gasteiger partial charge in [-0.1, -0.05) is 22.0 Å². The van der Waals surface area contributed by atoms with Gasteiger partial charge in [0, 0.05) is 22.6 Å². The third kappa shape index (κ3) is 4.96. The Morgan fingerprint density at radius 3 is 2.75 bits per heavy atom. The van der Waals surface area contributed by atoms with Crippen LogP contribution < -0.4 is 11.1 Å². The zero-order valence-electron chi connectivity index (χ0n) is 9.29. The first-order valence-corrected chi connectivity index (χ1v) is 5.60. The molecule has 16 heavy (non-hydrogen) atoms. The van der Waals surface area contributed by atoms with Gasteiger partial charge in [-0.05, 0) is 31.5 Å². The zero-order chi connectivity index (χ0) is 11.4. The molecule has 0 aliphatic carbocycles. The van der Waals surface area contributed by atoms with Crippen LogP contribution in [-0.2, 0) is 4.79 Å². The Hall–Kier alpha value is -0.580. The van der Waals surface area contributed by atoms with E-state index in [9.17, 15) is 4.79 Å². The number of halogens is 2. The van der Waals surface area contributed by atoms with Crippen LogP contribution in [0.3, 0.4) is 0 Å². The molecule has 0 bridgehead atoms. The van der Waals surface area contributed by atoms with Crippen LogP contribution in [0.4, 0.5) is 5.69 Å². The van der Waals surface area contributed by atoms with E-state index in [1.807, 2.05) is 32.0 Å². The maximum Gasteiger partial charge on any atom is 0.225 e. The summed E-state index contributed by atoms with van der Waals surface area (Å²) < 4.78 is 0.948. The molecular weight excluding hydrogens is 291 g/mol. The molecule has 0 aliphatic rings. The van der Waals surface area contributed by atoms with Crippen LogP contribution in [0.1, 0.15) is 18.9 Å². The molecule has 1 aromatic carbocycles. The van der Waals surface area contributed by atoms with Gasteiger partial charge in [-0.3, -0.25) is 4.79 Å². The van der Waals surface area contributed by atoms with Crippen molar-refractivity contribution in [2.75, 3.05) is 5.32 Å². The van der Waals surface area contributed by atoms with Gasteiger partial charge in [0.2, 0.25) is 5.91 Å². The minimum atomic E-state index is -0.113. The van der Waals surface area contributed by atoms with Crippen molar-refractivity contribution in [3.8, 4) is 0 Å². The quantitative estimate of drug-likeness (QED) is 0.902. The summed E-state index contributed by atoms with van der Waals surface area (Å²) in [6.45, 7) is 3.77. The Labute approximate surface area is 110 Å². The van der Waals surface area contributed by atoms with Crippen molar-refractivity contribution in [3.05, 3.63) is 28.2 Å². The molecule has 0 aromatic heterocycles. The molecular formula is C11H16BrClN2O. The zero-order valence-corrected chi connectivity index (χ0v) is 11.7. The largest absolute Gasteiger partial charge is 0.327 e. The fourth-order valence-electron chi connectivity index (χ4n) is 1.22. The van der Waals surface area contributed by atoms with E-state index in [-0.39, 0.29) is 24.4 Å². The summed E-state index contributed by atoms with van der Waals surface area (Å²) in [4.78, 5) is 11.5. The summed E-state index contributed by atoms with van der Waals surface area (Å²) in [5.74, 6) is -0.0498. The van der Waals surface area contributed by atoms with Crippen LogP contribution >= 0.6 is 28.3 Å². The molecule has 5 heteroatoms. The second kappa shape index (κ2) is 6.89. The van der Waals surface area contributed by atoms with Crippen LogP contribution in [0.5, 0.6) is 0 Å². The lowest BCUT2D eigenvalue weighted by molar-refractivity contribution is -0.116. The highest BCUT2D eigenvalue weighted by Crippen LogP contribution is 2.20. The van der Waals surface area contributed by atoms with Crippen molar-refractivity contribution in [2.45, 2.75) is 26.3 Å². The lowest BCUT2D eigenvalue weighted by Gasteiger charge is -2.10. The first kappa shape index (κ1) is 15.4. The Morgan fingerprint density at radius 2 is 2.19 bits per heavy atom. The van der Waals surface area contributed by atoms with E-state index < -0.39 is 0 Å². The number of aryl methyl sites for hydroxylation is 1. The predicted octanol–water partition coefficient (Wildman–Crippen LogP) is 2.86. The van der Waals surface area contributed by atoms with E-state index in [1.54, 1.807) is 0 Å². The number of benzene rings is 1. The molecule has 1 aromatic rings. The topological polar surface area (TPSA) is 55.1 Å². The Kier molecular flexibility index (Phi) is 6.64. The molecule has 1 atom stereocenters. The number of anilines is 1.